The van der Waals surface area contributed by atoms with E-state index in [1.165, 1.54) is 0 Å². The zero-order valence-electron chi connectivity index (χ0n) is 6.94. The van der Waals surface area contributed by atoms with Crippen molar-refractivity contribution in [3.63, 3.8) is 0 Å². The first-order valence-corrected chi connectivity index (χ1v) is 3.54. The van der Waals surface area contributed by atoms with Crippen molar-refractivity contribution in [1.82, 2.24) is 0 Å². The molecule has 0 amide bonds. The van der Waals surface area contributed by atoms with Crippen LogP contribution >= 0.6 is 0 Å². The molecule has 1 nitrogen and oxygen atoms in total. The van der Waals surface area contributed by atoms with Crippen molar-refractivity contribution < 1.29 is 0 Å². The van der Waals surface area contributed by atoms with E-state index in [1.54, 1.807) is 0 Å². The van der Waals surface area contributed by atoms with Gasteiger partial charge in [0, 0.05) is 6.54 Å². The van der Waals surface area contributed by atoms with E-state index >= 15 is 0 Å². The molecule has 0 bridgehead atoms. The van der Waals surface area contributed by atoms with E-state index in [0.717, 1.165) is 13.0 Å². The van der Waals surface area contributed by atoms with Crippen LogP contribution in [0.25, 0.3) is 0 Å². The molecule has 0 rings (SSSR count). The van der Waals surface area contributed by atoms with Crippen molar-refractivity contribution in [2.75, 3.05) is 6.54 Å². The summed E-state index contributed by atoms with van der Waals surface area (Å²) >= 11 is 0. The highest BCUT2D eigenvalue weighted by Gasteiger charge is 2.06. The normalized spacial score (nSPS) is 12.9. The van der Waals surface area contributed by atoms with Gasteiger partial charge in [-0.3, -0.25) is 4.99 Å². The summed E-state index contributed by atoms with van der Waals surface area (Å²) < 4.78 is 0. The molecule has 0 aromatic rings. The Balaban J connectivity index is 3.38. The van der Waals surface area contributed by atoms with Crippen molar-refractivity contribution in [3.8, 4) is 0 Å². The van der Waals surface area contributed by atoms with Gasteiger partial charge in [-0.05, 0) is 18.1 Å². The zero-order chi connectivity index (χ0) is 7.33. The number of nitrogens with zero attached hydrogens (tertiary/aromatic N) is 1. The molecule has 54 valence electrons. The molecule has 0 saturated carbocycles. The number of rotatable bonds is 2. The second kappa shape index (κ2) is 3.65. The second-order valence-corrected chi connectivity index (χ2v) is 3.49. The van der Waals surface area contributed by atoms with Crippen molar-refractivity contribution >= 4 is 6.21 Å². The zero-order valence-corrected chi connectivity index (χ0v) is 6.94. The average Bonchev–Trinajstić information content (AvgIpc) is 1.63. The summed E-state index contributed by atoms with van der Waals surface area (Å²) in [5, 5.41) is 0. The summed E-state index contributed by atoms with van der Waals surface area (Å²) in [5.41, 5.74) is 0.353. The first kappa shape index (κ1) is 8.67. The Morgan fingerprint density at radius 3 is 2.22 bits per heavy atom. The van der Waals surface area contributed by atoms with E-state index in [0.29, 0.717) is 5.41 Å². The molecule has 0 aromatic carbocycles. The van der Waals surface area contributed by atoms with Crippen LogP contribution in [-0.4, -0.2) is 12.8 Å². The van der Waals surface area contributed by atoms with E-state index in [4.69, 9.17) is 0 Å². The lowest BCUT2D eigenvalue weighted by atomic mass is 9.97. The standard InChI is InChI=1S/C8H17N/c1-5-6-9-7-8(2,3)4/h6H,5,7H2,1-4H3. The lowest BCUT2D eigenvalue weighted by Crippen LogP contribution is -2.09. The molecule has 0 atom stereocenters. The molecule has 0 fully saturated rings. The fourth-order valence-electron chi connectivity index (χ4n) is 0.468. The maximum atomic E-state index is 4.24. The molecule has 0 spiro atoms. The first-order chi connectivity index (χ1) is 4.06. The fourth-order valence-corrected chi connectivity index (χ4v) is 0.468. The molecule has 0 aliphatic heterocycles. The molecular formula is C8H17N. The lowest BCUT2D eigenvalue weighted by Gasteiger charge is -2.13. The quantitative estimate of drug-likeness (QED) is 0.505. The minimum absolute atomic E-state index is 0.353. The highest BCUT2D eigenvalue weighted by molar-refractivity contribution is 5.56. The Kier molecular flexibility index (Phi) is 3.52. The van der Waals surface area contributed by atoms with Crippen LogP contribution in [0.4, 0.5) is 0 Å². The Morgan fingerprint density at radius 1 is 1.33 bits per heavy atom. The average molecular weight is 127 g/mol. The van der Waals surface area contributed by atoms with Crippen LogP contribution in [-0.2, 0) is 0 Å². The SMILES string of the molecule is CCC=NCC(C)(C)C. The summed E-state index contributed by atoms with van der Waals surface area (Å²) in [6, 6.07) is 0. The van der Waals surface area contributed by atoms with Crippen LogP contribution in [0.1, 0.15) is 34.1 Å². The van der Waals surface area contributed by atoms with E-state index in [2.05, 4.69) is 32.7 Å². The van der Waals surface area contributed by atoms with Crippen LogP contribution in [0.3, 0.4) is 0 Å². The molecule has 9 heavy (non-hydrogen) atoms. The Hall–Kier alpha value is -0.330. The number of aliphatic imine (C=N–C) groups is 1. The monoisotopic (exact) mass is 127 g/mol. The highest BCUT2D eigenvalue weighted by atomic mass is 14.7. The van der Waals surface area contributed by atoms with Gasteiger partial charge in [0.25, 0.3) is 0 Å². The Labute approximate surface area is 58.2 Å². The van der Waals surface area contributed by atoms with Gasteiger partial charge in [0.05, 0.1) is 0 Å². The Morgan fingerprint density at radius 2 is 1.89 bits per heavy atom. The predicted molar refractivity (Wildman–Crippen MR) is 43.1 cm³/mol. The van der Waals surface area contributed by atoms with Gasteiger partial charge < -0.3 is 0 Å². The van der Waals surface area contributed by atoms with Gasteiger partial charge in [-0.15, -0.1) is 0 Å². The molecule has 0 N–H and O–H groups in total. The highest BCUT2D eigenvalue weighted by Crippen LogP contribution is 2.11. The maximum absolute atomic E-state index is 4.24. The van der Waals surface area contributed by atoms with Crippen molar-refractivity contribution in [2.24, 2.45) is 10.4 Å². The van der Waals surface area contributed by atoms with Crippen molar-refractivity contribution in [2.45, 2.75) is 34.1 Å². The molecular weight excluding hydrogens is 110 g/mol. The van der Waals surface area contributed by atoms with Gasteiger partial charge in [0.15, 0.2) is 0 Å². The predicted octanol–water partition coefficient (Wildman–Crippen LogP) is 2.51. The fraction of sp³-hybridized carbons (Fsp3) is 0.875. The first-order valence-electron chi connectivity index (χ1n) is 3.54. The third-order valence-corrected chi connectivity index (χ3v) is 0.877. The second-order valence-electron chi connectivity index (χ2n) is 3.49. The molecule has 0 radical (unpaired) electrons. The summed E-state index contributed by atoms with van der Waals surface area (Å²) in [5.74, 6) is 0. The largest absolute Gasteiger partial charge is 0.297 e. The molecule has 1 heteroatoms. The van der Waals surface area contributed by atoms with Crippen LogP contribution in [0.15, 0.2) is 4.99 Å². The molecule has 0 aliphatic rings. The van der Waals surface area contributed by atoms with Gasteiger partial charge in [-0.2, -0.15) is 0 Å². The van der Waals surface area contributed by atoms with Crippen molar-refractivity contribution in [3.05, 3.63) is 0 Å². The Bertz CT molecular complexity index is 87.2. The van der Waals surface area contributed by atoms with E-state index in [-0.39, 0.29) is 0 Å². The third-order valence-electron chi connectivity index (χ3n) is 0.877. The van der Waals surface area contributed by atoms with E-state index in [1.807, 2.05) is 6.21 Å². The maximum Gasteiger partial charge on any atom is 0.0433 e. The third kappa shape index (κ3) is 7.67. The summed E-state index contributed by atoms with van der Waals surface area (Å²) in [6.45, 7) is 9.63. The topological polar surface area (TPSA) is 12.4 Å². The summed E-state index contributed by atoms with van der Waals surface area (Å²) in [7, 11) is 0. The van der Waals surface area contributed by atoms with Gasteiger partial charge in [0.2, 0.25) is 0 Å². The molecule has 0 saturated heterocycles. The lowest BCUT2D eigenvalue weighted by molar-refractivity contribution is 0.430. The molecule has 0 aliphatic carbocycles. The van der Waals surface area contributed by atoms with E-state index < -0.39 is 0 Å². The van der Waals surface area contributed by atoms with Gasteiger partial charge in [0.1, 0.15) is 0 Å². The molecule has 0 heterocycles. The van der Waals surface area contributed by atoms with Crippen molar-refractivity contribution in [1.29, 1.82) is 0 Å². The number of hydrogen-bond acceptors (Lipinski definition) is 1. The van der Waals surface area contributed by atoms with Gasteiger partial charge in [-0.1, -0.05) is 27.7 Å². The van der Waals surface area contributed by atoms with Gasteiger partial charge in [-0.25, -0.2) is 0 Å². The van der Waals surface area contributed by atoms with Crippen LogP contribution in [0.2, 0.25) is 0 Å². The number of hydrogen-bond donors (Lipinski definition) is 0. The minimum Gasteiger partial charge on any atom is -0.297 e. The summed E-state index contributed by atoms with van der Waals surface area (Å²) in [4.78, 5) is 4.24. The van der Waals surface area contributed by atoms with Crippen LogP contribution in [0, 0.1) is 5.41 Å². The molecule has 0 unspecified atom stereocenters. The molecule has 0 aromatic heterocycles. The summed E-state index contributed by atoms with van der Waals surface area (Å²) in [6.07, 6.45) is 3.03. The van der Waals surface area contributed by atoms with E-state index in [9.17, 15) is 0 Å². The minimum atomic E-state index is 0.353. The van der Waals surface area contributed by atoms with Gasteiger partial charge >= 0.3 is 0 Å². The van der Waals surface area contributed by atoms with Crippen LogP contribution < -0.4 is 0 Å². The van der Waals surface area contributed by atoms with Crippen LogP contribution in [0.5, 0.6) is 0 Å². The smallest absolute Gasteiger partial charge is 0.0433 e.